The van der Waals surface area contributed by atoms with Gasteiger partial charge in [-0.3, -0.25) is 4.89 Å². The Hall–Kier alpha value is -2.08. The highest BCUT2D eigenvalue weighted by atomic mass is 17.5. The molecule has 0 aliphatic carbocycles. The monoisotopic (exact) mass is 282 g/mol. The Kier molecular flexibility index (Phi) is 6.52. The Morgan fingerprint density at radius 3 is 2.55 bits per heavy atom. The van der Waals surface area contributed by atoms with Gasteiger partial charge in [0.1, 0.15) is 0 Å². The number of benzene rings is 1. The summed E-state index contributed by atoms with van der Waals surface area (Å²) < 4.78 is 4.63. The van der Waals surface area contributed by atoms with E-state index in [-0.39, 0.29) is 6.61 Å². The molecule has 6 nitrogen and oxygen atoms in total. The van der Waals surface area contributed by atoms with Crippen LogP contribution < -0.4 is 0 Å². The van der Waals surface area contributed by atoms with Crippen molar-refractivity contribution >= 4 is 12.1 Å². The van der Waals surface area contributed by atoms with Crippen LogP contribution in [0.2, 0.25) is 0 Å². The van der Waals surface area contributed by atoms with Gasteiger partial charge in [0.2, 0.25) is 0 Å². The molecule has 110 valence electrons. The summed E-state index contributed by atoms with van der Waals surface area (Å²) in [6, 6.07) is 5.20. The van der Waals surface area contributed by atoms with Crippen LogP contribution in [0.1, 0.15) is 41.3 Å². The molecule has 1 aromatic rings. The van der Waals surface area contributed by atoms with Crippen LogP contribution in [0.15, 0.2) is 18.2 Å². The van der Waals surface area contributed by atoms with Crippen molar-refractivity contribution in [3.05, 3.63) is 34.9 Å². The number of rotatable bonds is 6. The van der Waals surface area contributed by atoms with E-state index >= 15 is 0 Å². The van der Waals surface area contributed by atoms with E-state index in [9.17, 15) is 9.59 Å². The molecule has 0 unspecified atom stereocenters. The van der Waals surface area contributed by atoms with Gasteiger partial charge in [0.05, 0.1) is 17.2 Å². The van der Waals surface area contributed by atoms with Gasteiger partial charge in [-0.15, -0.1) is 0 Å². The lowest BCUT2D eigenvalue weighted by Gasteiger charge is -2.05. The summed E-state index contributed by atoms with van der Waals surface area (Å²) in [6.07, 6.45) is 0.555. The highest BCUT2D eigenvalue weighted by molar-refractivity contribution is 5.90. The number of carbonyl (C=O) groups excluding carboxylic acids is 2. The van der Waals surface area contributed by atoms with Crippen LogP contribution in [0.5, 0.6) is 0 Å². The van der Waals surface area contributed by atoms with Gasteiger partial charge in [0, 0.05) is 0 Å². The van der Waals surface area contributed by atoms with Crippen molar-refractivity contribution in [3.63, 3.8) is 0 Å². The fraction of sp³-hybridized carbons (Fsp3) is 0.429. The summed E-state index contributed by atoms with van der Waals surface area (Å²) in [5.74, 6) is -0.746. The SMILES string of the molecule is CCCCOC(=O)OOOC(=O)c1ccc(C)cc1C. The van der Waals surface area contributed by atoms with E-state index in [1.54, 1.807) is 19.1 Å². The summed E-state index contributed by atoms with van der Waals surface area (Å²) >= 11 is 0. The molecule has 0 fully saturated rings. The van der Waals surface area contributed by atoms with E-state index in [2.05, 4.69) is 19.6 Å². The highest BCUT2D eigenvalue weighted by Gasteiger charge is 2.14. The van der Waals surface area contributed by atoms with Crippen molar-refractivity contribution in [1.82, 2.24) is 0 Å². The highest BCUT2D eigenvalue weighted by Crippen LogP contribution is 2.12. The molecule has 0 atom stereocenters. The van der Waals surface area contributed by atoms with Crippen molar-refractivity contribution < 1.29 is 29.1 Å². The van der Waals surface area contributed by atoms with Gasteiger partial charge in [-0.1, -0.05) is 31.0 Å². The topological polar surface area (TPSA) is 71.1 Å². The lowest BCUT2D eigenvalue weighted by molar-refractivity contribution is -0.452. The average Bonchev–Trinajstić information content (AvgIpc) is 2.38. The van der Waals surface area contributed by atoms with Crippen molar-refractivity contribution in [2.45, 2.75) is 33.6 Å². The van der Waals surface area contributed by atoms with Gasteiger partial charge in [-0.2, -0.15) is 0 Å². The molecule has 0 radical (unpaired) electrons. The van der Waals surface area contributed by atoms with E-state index in [0.717, 1.165) is 24.0 Å². The molecule has 0 aliphatic heterocycles. The number of ether oxygens (including phenoxy) is 1. The van der Waals surface area contributed by atoms with E-state index in [1.807, 2.05) is 19.9 Å². The Balaban J connectivity index is 2.34. The van der Waals surface area contributed by atoms with Crippen LogP contribution in [0.3, 0.4) is 0 Å². The minimum atomic E-state index is -1.05. The number of hydrogen-bond acceptors (Lipinski definition) is 6. The predicted octanol–water partition coefficient (Wildman–Crippen LogP) is 3.26. The second-order valence-corrected chi connectivity index (χ2v) is 4.29. The zero-order chi connectivity index (χ0) is 15.0. The molecule has 6 heteroatoms. The first-order valence-electron chi connectivity index (χ1n) is 6.34. The molecule has 0 spiro atoms. The number of carbonyl (C=O) groups is 2. The maximum atomic E-state index is 11.6. The Morgan fingerprint density at radius 2 is 1.90 bits per heavy atom. The summed E-state index contributed by atoms with van der Waals surface area (Å²) in [5, 5.41) is 4.10. The van der Waals surface area contributed by atoms with Gasteiger partial charge < -0.3 is 4.74 Å². The minimum absolute atomic E-state index is 0.226. The van der Waals surface area contributed by atoms with Crippen LogP contribution in [-0.4, -0.2) is 18.7 Å². The summed E-state index contributed by atoms with van der Waals surface area (Å²) in [7, 11) is 0. The molecule has 0 amide bonds. The molecule has 0 aliphatic rings. The Bertz CT molecular complexity index is 469. The quantitative estimate of drug-likeness (QED) is 0.345. The molecule has 0 saturated heterocycles. The summed E-state index contributed by atoms with van der Waals surface area (Å²) in [5.41, 5.74) is 2.10. The third-order valence-electron chi connectivity index (χ3n) is 2.53. The summed E-state index contributed by atoms with van der Waals surface area (Å²) in [6.45, 7) is 5.86. The van der Waals surface area contributed by atoms with Gasteiger partial charge in [-0.05, 0) is 31.9 Å². The third-order valence-corrected chi connectivity index (χ3v) is 2.53. The third kappa shape index (κ3) is 5.27. The van der Waals surface area contributed by atoms with Gasteiger partial charge in [0.15, 0.2) is 0 Å². The molecule has 0 N–H and O–H groups in total. The second kappa shape index (κ2) is 8.16. The number of unbranched alkanes of at least 4 members (excludes halogenated alkanes) is 1. The average molecular weight is 282 g/mol. The standard InChI is InChI=1S/C14H18O6/c1-4-5-8-17-14(16)19-20-18-13(15)12-7-6-10(2)9-11(12)3/h6-7,9H,4-5,8H2,1-3H3. The van der Waals surface area contributed by atoms with E-state index < -0.39 is 12.1 Å². The van der Waals surface area contributed by atoms with E-state index in [4.69, 9.17) is 0 Å². The molecule has 0 bridgehead atoms. The predicted molar refractivity (Wildman–Crippen MR) is 69.8 cm³/mol. The van der Waals surface area contributed by atoms with Gasteiger partial charge in [0.25, 0.3) is 0 Å². The molecule has 0 saturated carbocycles. The Labute approximate surface area is 117 Å². The van der Waals surface area contributed by atoms with Gasteiger partial charge in [-0.25, -0.2) is 14.5 Å². The maximum Gasteiger partial charge on any atom is 0.543 e. The second-order valence-electron chi connectivity index (χ2n) is 4.29. The first-order valence-corrected chi connectivity index (χ1v) is 6.34. The zero-order valence-electron chi connectivity index (χ0n) is 11.8. The van der Waals surface area contributed by atoms with Crippen LogP contribution in [0.4, 0.5) is 4.79 Å². The lowest BCUT2D eigenvalue weighted by Crippen LogP contribution is -2.13. The molecular formula is C14H18O6. The molecule has 1 aromatic carbocycles. The minimum Gasteiger partial charge on any atom is -0.432 e. The van der Waals surface area contributed by atoms with Crippen LogP contribution in [0, 0.1) is 13.8 Å². The van der Waals surface area contributed by atoms with Crippen molar-refractivity contribution in [1.29, 1.82) is 0 Å². The maximum absolute atomic E-state index is 11.6. The first kappa shape index (κ1) is 16.0. The molecule has 0 heterocycles. The first-order chi connectivity index (χ1) is 9.54. The van der Waals surface area contributed by atoms with Gasteiger partial charge >= 0.3 is 12.1 Å². The van der Waals surface area contributed by atoms with Crippen molar-refractivity contribution in [2.75, 3.05) is 6.61 Å². The normalized spacial score (nSPS) is 9.95. The van der Waals surface area contributed by atoms with E-state index in [0.29, 0.717) is 5.56 Å². The van der Waals surface area contributed by atoms with Crippen LogP contribution in [-0.2, 0) is 19.6 Å². The fourth-order valence-corrected chi connectivity index (χ4v) is 1.49. The Morgan fingerprint density at radius 1 is 1.15 bits per heavy atom. The molecular weight excluding hydrogens is 264 g/mol. The molecule has 0 aromatic heterocycles. The largest absolute Gasteiger partial charge is 0.543 e. The van der Waals surface area contributed by atoms with Crippen LogP contribution >= 0.6 is 0 Å². The van der Waals surface area contributed by atoms with Crippen molar-refractivity contribution in [3.8, 4) is 0 Å². The van der Waals surface area contributed by atoms with E-state index in [1.165, 1.54) is 0 Å². The van der Waals surface area contributed by atoms with Crippen molar-refractivity contribution in [2.24, 2.45) is 0 Å². The zero-order valence-corrected chi connectivity index (χ0v) is 11.8. The number of hydrogen-bond donors (Lipinski definition) is 0. The van der Waals surface area contributed by atoms with Crippen LogP contribution in [0.25, 0.3) is 0 Å². The molecule has 1 rings (SSSR count). The summed E-state index contributed by atoms with van der Waals surface area (Å²) in [4.78, 5) is 31.1. The molecule has 20 heavy (non-hydrogen) atoms. The lowest BCUT2D eigenvalue weighted by atomic mass is 10.1. The fourth-order valence-electron chi connectivity index (χ4n) is 1.49. The smallest absolute Gasteiger partial charge is 0.432 e. The number of aryl methyl sites for hydroxylation is 2.